The molecule has 3 N–H and O–H groups in total. The Morgan fingerprint density at radius 1 is 1.04 bits per heavy atom. The monoisotopic (exact) mass is 310 g/mol. The predicted molar refractivity (Wildman–Crippen MR) is 85.2 cm³/mol. The normalized spacial score (nSPS) is 12.3. The van der Waals surface area contributed by atoms with Gasteiger partial charge in [0.2, 0.25) is 18.6 Å². The quantitative estimate of drug-likeness (QED) is 0.847. The van der Waals surface area contributed by atoms with Crippen LogP contribution in [0.2, 0.25) is 0 Å². The van der Waals surface area contributed by atoms with Crippen LogP contribution in [0.3, 0.4) is 0 Å². The number of carbonyl (C=O) groups excluding carboxylic acids is 2. The fourth-order valence-electron chi connectivity index (χ4n) is 2.09. The van der Waals surface area contributed by atoms with Gasteiger partial charge >= 0.3 is 0 Å². The molecule has 0 atom stereocenters. The molecule has 0 saturated carbocycles. The maximum Gasteiger partial charge on any atom is 0.248 e. The summed E-state index contributed by atoms with van der Waals surface area (Å²) in [7, 11) is 0. The second-order valence-corrected chi connectivity index (χ2v) is 4.88. The van der Waals surface area contributed by atoms with Gasteiger partial charge in [0.15, 0.2) is 11.5 Å². The third-order valence-corrected chi connectivity index (χ3v) is 3.26. The number of nitrogens with one attached hydrogen (secondary N) is 1. The van der Waals surface area contributed by atoms with Crippen LogP contribution < -0.4 is 20.5 Å². The molecule has 0 bridgehead atoms. The van der Waals surface area contributed by atoms with E-state index in [1.165, 1.54) is 6.08 Å². The minimum absolute atomic E-state index is 0.213. The van der Waals surface area contributed by atoms with E-state index >= 15 is 0 Å². The van der Waals surface area contributed by atoms with Crippen molar-refractivity contribution >= 4 is 23.6 Å². The van der Waals surface area contributed by atoms with Crippen molar-refractivity contribution in [1.29, 1.82) is 0 Å². The van der Waals surface area contributed by atoms with Crippen LogP contribution in [0.5, 0.6) is 11.5 Å². The molecule has 0 radical (unpaired) electrons. The molecule has 1 aliphatic heterocycles. The van der Waals surface area contributed by atoms with Gasteiger partial charge in [0.25, 0.3) is 0 Å². The van der Waals surface area contributed by atoms with Gasteiger partial charge in [-0.15, -0.1) is 0 Å². The maximum absolute atomic E-state index is 11.9. The summed E-state index contributed by atoms with van der Waals surface area (Å²) >= 11 is 0. The summed E-state index contributed by atoms with van der Waals surface area (Å²) in [5.41, 5.74) is 6.95. The number of hydrogen-bond donors (Lipinski definition) is 2. The number of ether oxygens (including phenoxy) is 2. The van der Waals surface area contributed by atoms with Crippen molar-refractivity contribution in [2.24, 2.45) is 5.73 Å². The lowest BCUT2D eigenvalue weighted by Gasteiger charge is -2.03. The zero-order valence-electron chi connectivity index (χ0n) is 12.1. The summed E-state index contributed by atoms with van der Waals surface area (Å²) in [6, 6.07) is 11.8. The van der Waals surface area contributed by atoms with Gasteiger partial charge in [0, 0.05) is 17.3 Å². The Kier molecular flexibility index (Phi) is 3.97. The molecule has 0 fully saturated rings. The summed E-state index contributed by atoms with van der Waals surface area (Å²) in [6.07, 6.45) is 3.09. The second-order valence-electron chi connectivity index (χ2n) is 4.88. The fraction of sp³-hybridized carbons (Fsp3) is 0.0588. The summed E-state index contributed by atoms with van der Waals surface area (Å²) < 4.78 is 10.5. The van der Waals surface area contributed by atoms with Gasteiger partial charge in [-0.25, -0.2) is 0 Å². The molecule has 1 heterocycles. The highest BCUT2D eigenvalue weighted by Crippen LogP contribution is 2.32. The number of amides is 2. The Labute approximate surface area is 132 Å². The highest BCUT2D eigenvalue weighted by atomic mass is 16.7. The smallest absolute Gasteiger partial charge is 0.248 e. The number of carbonyl (C=O) groups is 2. The molecule has 3 rings (SSSR count). The Balaban J connectivity index is 1.63. The van der Waals surface area contributed by atoms with Gasteiger partial charge in [-0.1, -0.05) is 6.07 Å². The van der Waals surface area contributed by atoms with Gasteiger partial charge in [-0.3, -0.25) is 9.59 Å². The third kappa shape index (κ3) is 3.49. The summed E-state index contributed by atoms with van der Waals surface area (Å²) in [5.74, 6) is 0.566. The van der Waals surface area contributed by atoms with E-state index in [2.05, 4.69) is 5.32 Å². The zero-order valence-corrected chi connectivity index (χ0v) is 12.1. The Morgan fingerprint density at radius 2 is 1.78 bits per heavy atom. The molecular formula is C17H14N2O4. The predicted octanol–water partition coefficient (Wildman–Crippen LogP) is 2.17. The van der Waals surface area contributed by atoms with Gasteiger partial charge in [-0.05, 0) is 48.0 Å². The van der Waals surface area contributed by atoms with E-state index in [-0.39, 0.29) is 12.7 Å². The lowest BCUT2D eigenvalue weighted by molar-refractivity contribution is -0.111. The first-order valence-electron chi connectivity index (χ1n) is 6.90. The first-order chi connectivity index (χ1) is 11.1. The van der Waals surface area contributed by atoms with E-state index in [4.69, 9.17) is 15.2 Å². The van der Waals surface area contributed by atoms with Gasteiger partial charge in [0.05, 0.1) is 0 Å². The first-order valence-corrected chi connectivity index (χ1v) is 6.90. The van der Waals surface area contributed by atoms with Crippen molar-refractivity contribution in [3.05, 3.63) is 59.7 Å². The minimum atomic E-state index is -0.509. The van der Waals surface area contributed by atoms with Gasteiger partial charge in [0.1, 0.15) is 0 Å². The molecule has 2 aromatic carbocycles. The van der Waals surface area contributed by atoms with E-state index < -0.39 is 5.91 Å². The van der Waals surface area contributed by atoms with Crippen molar-refractivity contribution in [3.63, 3.8) is 0 Å². The topological polar surface area (TPSA) is 90.7 Å². The standard InChI is InChI=1S/C17H14N2O4/c18-17(21)12-3-5-13(6-4-12)19-16(20)8-2-11-1-7-14-15(9-11)23-10-22-14/h1-9H,10H2,(H2,18,21)(H,19,20). The molecule has 1 aliphatic rings. The van der Waals surface area contributed by atoms with Crippen LogP contribution >= 0.6 is 0 Å². The Morgan fingerprint density at radius 3 is 2.52 bits per heavy atom. The molecule has 0 spiro atoms. The number of nitrogens with two attached hydrogens (primary N) is 1. The molecule has 6 heteroatoms. The third-order valence-electron chi connectivity index (χ3n) is 3.26. The summed E-state index contributed by atoms with van der Waals surface area (Å²) in [5, 5.41) is 2.70. The molecule has 6 nitrogen and oxygen atoms in total. The SMILES string of the molecule is NC(=O)c1ccc(NC(=O)C=Cc2ccc3c(c2)OCO3)cc1. The van der Waals surface area contributed by atoms with Crippen LogP contribution in [0.1, 0.15) is 15.9 Å². The molecule has 0 aliphatic carbocycles. The minimum Gasteiger partial charge on any atom is -0.454 e. The van der Waals surface area contributed by atoms with Crippen molar-refractivity contribution in [2.45, 2.75) is 0 Å². The number of anilines is 1. The highest BCUT2D eigenvalue weighted by molar-refractivity contribution is 6.02. The molecule has 2 aromatic rings. The van der Waals surface area contributed by atoms with E-state index in [1.54, 1.807) is 42.5 Å². The molecule has 0 unspecified atom stereocenters. The average Bonchev–Trinajstić information content (AvgIpc) is 3.01. The number of fused-ring (bicyclic) bond motifs is 1. The van der Waals surface area contributed by atoms with E-state index in [9.17, 15) is 9.59 Å². The molecule has 2 amide bonds. The van der Waals surface area contributed by atoms with E-state index in [0.717, 1.165) is 5.56 Å². The van der Waals surface area contributed by atoms with Crippen LogP contribution in [0, 0.1) is 0 Å². The van der Waals surface area contributed by atoms with Crippen LogP contribution in [0.25, 0.3) is 6.08 Å². The van der Waals surface area contributed by atoms with Crippen LogP contribution in [-0.2, 0) is 4.79 Å². The Bertz CT molecular complexity index is 782. The van der Waals surface area contributed by atoms with E-state index in [0.29, 0.717) is 22.7 Å². The molecule has 0 aromatic heterocycles. The van der Waals surface area contributed by atoms with Crippen molar-refractivity contribution in [2.75, 3.05) is 12.1 Å². The first kappa shape index (κ1) is 14.6. The van der Waals surface area contributed by atoms with Crippen LogP contribution in [0.15, 0.2) is 48.5 Å². The lowest BCUT2D eigenvalue weighted by atomic mass is 10.2. The van der Waals surface area contributed by atoms with Crippen LogP contribution in [0.4, 0.5) is 5.69 Å². The average molecular weight is 310 g/mol. The largest absolute Gasteiger partial charge is 0.454 e. The number of benzene rings is 2. The molecule has 116 valence electrons. The number of rotatable bonds is 4. The Hall–Kier alpha value is -3.28. The highest BCUT2D eigenvalue weighted by Gasteiger charge is 2.12. The fourth-order valence-corrected chi connectivity index (χ4v) is 2.09. The summed E-state index contributed by atoms with van der Waals surface area (Å²) in [6.45, 7) is 0.213. The number of hydrogen-bond acceptors (Lipinski definition) is 4. The van der Waals surface area contributed by atoms with E-state index in [1.807, 2.05) is 6.07 Å². The van der Waals surface area contributed by atoms with Crippen LogP contribution in [-0.4, -0.2) is 18.6 Å². The molecular weight excluding hydrogens is 296 g/mol. The number of primary amides is 1. The van der Waals surface area contributed by atoms with Gasteiger partial charge < -0.3 is 20.5 Å². The molecule has 23 heavy (non-hydrogen) atoms. The van der Waals surface area contributed by atoms with Crippen molar-refractivity contribution in [3.8, 4) is 11.5 Å². The second kappa shape index (κ2) is 6.23. The van der Waals surface area contributed by atoms with Crippen molar-refractivity contribution < 1.29 is 19.1 Å². The zero-order chi connectivity index (χ0) is 16.2. The van der Waals surface area contributed by atoms with Gasteiger partial charge in [-0.2, -0.15) is 0 Å². The van der Waals surface area contributed by atoms with Crippen molar-refractivity contribution in [1.82, 2.24) is 0 Å². The lowest BCUT2D eigenvalue weighted by Crippen LogP contribution is -2.11. The maximum atomic E-state index is 11.9. The summed E-state index contributed by atoms with van der Waals surface area (Å²) in [4.78, 5) is 22.9. The molecule has 0 saturated heterocycles.